The molecular weight excluding hydrogens is 573 g/mol. The number of carboxylic acid groups (broad SMARTS) is 1. The monoisotopic (exact) mass is 594 g/mol. The molecule has 0 fully saturated rings. The van der Waals surface area contributed by atoms with Gasteiger partial charge in [0.25, 0.3) is 5.56 Å². The van der Waals surface area contributed by atoms with Crippen molar-refractivity contribution in [3.8, 4) is 17.2 Å². The van der Waals surface area contributed by atoms with E-state index in [0.717, 1.165) is 46.7 Å². The van der Waals surface area contributed by atoms with Gasteiger partial charge in [-0.25, -0.2) is 37.2 Å². The first-order chi connectivity index (χ1) is 19.5. The molecule has 12 nitrogen and oxygen atoms in total. The van der Waals surface area contributed by atoms with Gasteiger partial charge in [-0.05, 0) is 24.3 Å². The fraction of sp³-hybridized carbons (Fsp3) is 0.200. The minimum absolute atomic E-state index is 0.00544. The Balaban J connectivity index is 1.59. The number of urea groups is 1. The van der Waals surface area contributed by atoms with Crippen LogP contribution in [0, 0.1) is 17.5 Å². The summed E-state index contributed by atoms with van der Waals surface area (Å²) in [7, 11) is 2.67. The lowest BCUT2D eigenvalue weighted by atomic mass is 10.2. The molecule has 216 valence electrons. The molecule has 0 saturated heterocycles. The first-order valence-corrected chi connectivity index (χ1v) is 12.5. The molecule has 41 heavy (non-hydrogen) atoms. The van der Waals surface area contributed by atoms with E-state index in [-0.39, 0.29) is 46.0 Å². The van der Waals surface area contributed by atoms with Crippen molar-refractivity contribution in [3.05, 3.63) is 84.4 Å². The Bertz CT molecular complexity index is 1750. The number of hydroxylamine groups is 2. The number of H-pyrrole nitrogens is 1. The van der Waals surface area contributed by atoms with Crippen molar-refractivity contribution < 1.29 is 42.2 Å². The fourth-order valence-corrected chi connectivity index (χ4v) is 4.51. The van der Waals surface area contributed by atoms with Crippen molar-refractivity contribution in [1.82, 2.24) is 19.9 Å². The van der Waals surface area contributed by atoms with E-state index in [9.17, 15) is 37.5 Å². The van der Waals surface area contributed by atoms with Gasteiger partial charge < -0.3 is 24.9 Å². The molecule has 3 N–H and O–H groups in total. The molecule has 16 heteroatoms. The van der Waals surface area contributed by atoms with Crippen molar-refractivity contribution in [1.29, 1.82) is 0 Å². The van der Waals surface area contributed by atoms with Gasteiger partial charge in [0, 0.05) is 18.5 Å². The third-order valence-corrected chi connectivity index (χ3v) is 6.71. The summed E-state index contributed by atoms with van der Waals surface area (Å²) < 4.78 is 54.9. The Morgan fingerprint density at radius 3 is 2.56 bits per heavy atom. The third-order valence-electron chi connectivity index (χ3n) is 5.74. The second-order valence-corrected chi connectivity index (χ2v) is 9.11. The van der Waals surface area contributed by atoms with Crippen LogP contribution in [-0.2, 0) is 11.4 Å². The Morgan fingerprint density at radius 1 is 1.12 bits per heavy atom. The molecule has 2 heterocycles. The minimum Gasteiger partial charge on any atom is -0.491 e. The quantitative estimate of drug-likeness (QED) is 0.187. The lowest BCUT2D eigenvalue weighted by Gasteiger charge is -2.16. The lowest BCUT2D eigenvalue weighted by Crippen LogP contribution is -2.38. The number of benzene rings is 2. The summed E-state index contributed by atoms with van der Waals surface area (Å²) in [5, 5.41) is 13.7. The highest BCUT2D eigenvalue weighted by Gasteiger charge is 2.21. The van der Waals surface area contributed by atoms with E-state index < -0.39 is 53.0 Å². The maximum atomic E-state index is 14.8. The van der Waals surface area contributed by atoms with Gasteiger partial charge in [0.05, 0.1) is 35.8 Å². The number of aromatic nitrogens is 2. The summed E-state index contributed by atoms with van der Waals surface area (Å²) in [6, 6.07) is 4.42. The second-order valence-electron chi connectivity index (χ2n) is 8.23. The Hall–Kier alpha value is -4.83. The number of rotatable bonds is 10. The van der Waals surface area contributed by atoms with Crippen LogP contribution >= 0.6 is 11.3 Å². The maximum Gasteiger partial charge on any atom is 0.346 e. The summed E-state index contributed by atoms with van der Waals surface area (Å²) >= 11 is 0.717. The van der Waals surface area contributed by atoms with E-state index >= 15 is 0 Å². The number of carboxylic acids is 1. The summed E-state index contributed by atoms with van der Waals surface area (Å²) in [6.45, 7) is -0.744. The highest BCUT2D eigenvalue weighted by molar-refractivity contribution is 7.13. The zero-order valence-electron chi connectivity index (χ0n) is 21.3. The van der Waals surface area contributed by atoms with Gasteiger partial charge >= 0.3 is 17.7 Å². The summed E-state index contributed by atoms with van der Waals surface area (Å²) in [4.78, 5) is 55.7. The number of ether oxygens (including phenoxy) is 2. The number of halogens is 3. The number of nitrogens with zero attached hydrogens (tertiary/aromatic N) is 2. The molecule has 0 spiro atoms. The lowest BCUT2D eigenvalue weighted by molar-refractivity contribution is -0.0648. The van der Waals surface area contributed by atoms with Crippen molar-refractivity contribution in [2.24, 2.45) is 0 Å². The number of carbonyl (C=O) groups excluding carboxylic acids is 1. The predicted molar refractivity (Wildman–Crippen MR) is 139 cm³/mol. The zero-order valence-corrected chi connectivity index (χ0v) is 22.1. The van der Waals surface area contributed by atoms with E-state index in [2.05, 4.69) is 10.3 Å². The van der Waals surface area contributed by atoms with Crippen molar-refractivity contribution in [3.63, 3.8) is 0 Å². The van der Waals surface area contributed by atoms with Gasteiger partial charge in [-0.3, -0.25) is 9.63 Å². The molecule has 2 aromatic carbocycles. The van der Waals surface area contributed by atoms with Crippen molar-refractivity contribution in [2.45, 2.75) is 6.61 Å². The van der Waals surface area contributed by atoms with Crippen LogP contribution in [0.2, 0.25) is 0 Å². The standard InChI is InChI=1S/C25H21F3N4O8S/c1-31(38-2)24(36)29-7-8-39-18-6-5-15(27)20(28)13(18)10-40-12-3-4-14(26)17(9-12)32-22(33)19-16(30-25(32)37)11-41-21(19)23(34)35/h3-6,9,11H,7-8,10H2,1-2H3,(H,29,36)(H,30,37)(H,34,35). The first kappa shape index (κ1) is 29.2. The van der Waals surface area contributed by atoms with Gasteiger partial charge in [0.15, 0.2) is 11.6 Å². The molecule has 0 saturated carbocycles. The van der Waals surface area contributed by atoms with Crippen molar-refractivity contribution >= 4 is 34.2 Å². The molecule has 0 aliphatic heterocycles. The Labute approximate surface area is 232 Å². The first-order valence-electron chi connectivity index (χ1n) is 11.6. The number of aromatic carboxylic acids is 1. The summed E-state index contributed by atoms with van der Waals surface area (Å²) in [5.41, 5.74) is -3.04. The van der Waals surface area contributed by atoms with Crippen LogP contribution < -0.4 is 26.0 Å². The zero-order chi connectivity index (χ0) is 29.8. The largest absolute Gasteiger partial charge is 0.491 e. The number of nitrogens with one attached hydrogen (secondary N) is 2. The van der Waals surface area contributed by atoms with Crippen molar-refractivity contribution in [2.75, 3.05) is 27.3 Å². The van der Waals surface area contributed by atoms with Crippen LogP contribution in [0.25, 0.3) is 16.6 Å². The molecule has 4 rings (SSSR count). The van der Waals surface area contributed by atoms with E-state index in [1.165, 1.54) is 19.5 Å². The summed E-state index contributed by atoms with van der Waals surface area (Å²) in [6.07, 6.45) is 0. The highest BCUT2D eigenvalue weighted by Crippen LogP contribution is 2.27. The number of fused-ring (bicyclic) bond motifs is 1. The number of aromatic amines is 1. The van der Waals surface area contributed by atoms with E-state index in [1.807, 2.05) is 0 Å². The van der Waals surface area contributed by atoms with Crippen LogP contribution in [-0.4, -0.2) is 59.0 Å². The smallest absolute Gasteiger partial charge is 0.346 e. The molecule has 0 unspecified atom stereocenters. The van der Waals surface area contributed by atoms with Gasteiger partial charge in [-0.15, -0.1) is 11.3 Å². The van der Waals surface area contributed by atoms with Crippen LogP contribution in [0.5, 0.6) is 11.5 Å². The molecule has 0 radical (unpaired) electrons. The Morgan fingerprint density at radius 2 is 1.85 bits per heavy atom. The average Bonchev–Trinajstić information content (AvgIpc) is 3.37. The predicted octanol–water partition coefficient (Wildman–Crippen LogP) is 3.02. The van der Waals surface area contributed by atoms with E-state index in [0.29, 0.717) is 4.57 Å². The molecular formula is C25H21F3N4O8S. The topological polar surface area (TPSA) is 152 Å². The van der Waals surface area contributed by atoms with Crippen LogP contribution in [0.3, 0.4) is 0 Å². The molecule has 2 amide bonds. The van der Waals surface area contributed by atoms with Crippen LogP contribution in [0.1, 0.15) is 15.2 Å². The van der Waals surface area contributed by atoms with Crippen LogP contribution in [0.15, 0.2) is 45.3 Å². The molecule has 2 aromatic heterocycles. The number of carbonyl (C=O) groups is 2. The van der Waals surface area contributed by atoms with Crippen LogP contribution in [0.4, 0.5) is 18.0 Å². The third kappa shape index (κ3) is 6.02. The SMILES string of the molecule is CON(C)C(=O)NCCOc1ccc(F)c(F)c1COc1ccc(F)c(-n2c(=O)[nH]c3csc(C(=O)O)c3c2=O)c1. The fourth-order valence-electron chi connectivity index (χ4n) is 3.68. The summed E-state index contributed by atoms with van der Waals surface area (Å²) in [5.74, 6) is -5.12. The van der Waals surface area contributed by atoms with Gasteiger partial charge in [-0.2, -0.15) is 0 Å². The number of hydrogen-bond donors (Lipinski definition) is 3. The normalized spacial score (nSPS) is 11.0. The molecule has 0 aliphatic rings. The second kappa shape index (κ2) is 12.1. The van der Waals surface area contributed by atoms with Gasteiger partial charge in [-0.1, -0.05) is 0 Å². The molecule has 4 aromatic rings. The highest BCUT2D eigenvalue weighted by atomic mass is 32.1. The average molecular weight is 595 g/mol. The number of thiophene rings is 1. The minimum atomic E-state index is -1.40. The Kier molecular flexibility index (Phi) is 8.63. The van der Waals surface area contributed by atoms with Gasteiger partial charge in [0.2, 0.25) is 0 Å². The molecule has 0 aliphatic carbocycles. The van der Waals surface area contributed by atoms with E-state index in [4.69, 9.17) is 14.3 Å². The number of hydrogen-bond acceptors (Lipinski definition) is 8. The van der Waals surface area contributed by atoms with Gasteiger partial charge in [0.1, 0.15) is 35.4 Å². The number of amides is 2. The maximum absolute atomic E-state index is 14.8. The molecule has 0 atom stereocenters. The molecule has 0 bridgehead atoms. The van der Waals surface area contributed by atoms with E-state index in [1.54, 1.807) is 0 Å².